The van der Waals surface area contributed by atoms with Crippen molar-refractivity contribution in [1.82, 2.24) is 0 Å². The molecule has 1 N–H and O–H groups in total. The fourth-order valence-corrected chi connectivity index (χ4v) is 1.04. The Morgan fingerprint density at radius 3 is 3.08 bits per heavy atom. The second-order valence-electron chi connectivity index (χ2n) is 2.54. The summed E-state index contributed by atoms with van der Waals surface area (Å²) in [6.07, 6.45) is 1.00. The summed E-state index contributed by atoms with van der Waals surface area (Å²) in [5, 5.41) is 9.08. The highest BCUT2D eigenvalue weighted by molar-refractivity contribution is 5.71. The first kappa shape index (κ1) is 8.99. The van der Waals surface area contributed by atoms with Gasteiger partial charge in [0.1, 0.15) is 12.4 Å². The predicted molar refractivity (Wildman–Crippen MR) is 36.5 cm³/mol. The number of hydrogen-bond acceptors (Lipinski definition) is 4. The molecule has 0 aromatic heterocycles. The van der Waals surface area contributed by atoms with Gasteiger partial charge in [0.15, 0.2) is 0 Å². The molecule has 0 aromatic rings. The smallest absolute Gasteiger partial charge is 0.309 e. The summed E-state index contributed by atoms with van der Waals surface area (Å²) in [5.74, 6) is -0.484. The number of hydrogen-bond donors (Lipinski definition) is 1. The van der Waals surface area contributed by atoms with Crippen LogP contribution in [0.25, 0.3) is 0 Å². The molecule has 0 spiro atoms. The van der Waals surface area contributed by atoms with Gasteiger partial charge in [0.2, 0.25) is 0 Å². The highest BCUT2D eigenvalue weighted by Crippen LogP contribution is 2.15. The van der Waals surface area contributed by atoms with E-state index >= 15 is 0 Å². The fraction of sp³-hybridized carbons (Fsp3) is 0.571. The Hall–Kier alpha value is -1.10. The lowest BCUT2D eigenvalue weighted by Crippen LogP contribution is -2.31. The quantitative estimate of drug-likeness (QED) is 0.490. The highest BCUT2D eigenvalue weighted by Gasteiger charge is 2.25. The summed E-state index contributed by atoms with van der Waals surface area (Å²) in [6.45, 7) is 0. The van der Waals surface area contributed by atoms with Crippen molar-refractivity contribution in [3.05, 3.63) is 12.3 Å². The van der Waals surface area contributed by atoms with Crippen LogP contribution in [0.1, 0.15) is 12.8 Å². The third-order valence-corrected chi connectivity index (χ3v) is 1.53. The van der Waals surface area contributed by atoms with E-state index in [0.29, 0.717) is 0 Å². The van der Waals surface area contributed by atoms with Crippen LogP contribution in [0.5, 0.6) is 0 Å². The molecule has 0 radical (unpaired) electrons. The van der Waals surface area contributed by atoms with Crippen LogP contribution in [-0.2, 0) is 14.5 Å². The molecule has 1 rings (SSSR count). The molecule has 1 heterocycles. The molecule has 0 amide bonds. The molecule has 1 aliphatic rings. The largest absolute Gasteiger partial charge is 0.458 e. The van der Waals surface area contributed by atoms with E-state index in [1.54, 1.807) is 0 Å². The SMILES string of the molecule is O=C1C[C@H](O)C[C@@H](/C=C/OF)O1. The normalized spacial score (nSPS) is 30.3. The van der Waals surface area contributed by atoms with Gasteiger partial charge in [-0.1, -0.05) is 0 Å². The van der Waals surface area contributed by atoms with Gasteiger partial charge < -0.3 is 14.8 Å². The fourth-order valence-electron chi connectivity index (χ4n) is 1.04. The predicted octanol–water partition coefficient (Wildman–Crippen LogP) is 0.468. The maximum atomic E-state index is 11.2. The first-order valence-electron chi connectivity index (χ1n) is 3.54. The molecule has 68 valence electrons. The van der Waals surface area contributed by atoms with Crippen LogP contribution in [0.2, 0.25) is 0 Å². The molecule has 5 heteroatoms. The zero-order valence-corrected chi connectivity index (χ0v) is 6.27. The monoisotopic (exact) mass is 176 g/mol. The molecule has 0 aliphatic carbocycles. The van der Waals surface area contributed by atoms with E-state index < -0.39 is 18.2 Å². The average Bonchev–Trinajstić information content (AvgIpc) is 1.99. The van der Waals surface area contributed by atoms with Gasteiger partial charge in [-0.2, -0.15) is 0 Å². The van der Waals surface area contributed by atoms with E-state index in [2.05, 4.69) is 4.94 Å². The molecule has 0 bridgehead atoms. The number of rotatable bonds is 2. The molecule has 1 aliphatic heterocycles. The Balaban J connectivity index is 2.44. The number of esters is 1. The molecule has 0 saturated carbocycles. The summed E-state index contributed by atoms with van der Waals surface area (Å²) in [5.41, 5.74) is 0. The molecule has 2 atom stereocenters. The number of carbonyl (C=O) groups excluding carboxylic acids is 1. The summed E-state index contributed by atoms with van der Waals surface area (Å²) in [6, 6.07) is 0. The Kier molecular flexibility index (Phi) is 3.04. The van der Waals surface area contributed by atoms with Crippen LogP contribution in [0.15, 0.2) is 12.3 Å². The Morgan fingerprint density at radius 1 is 1.75 bits per heavy atom. The first-order valence-corrected chi connectivity index (χ1v) is 3.54. The lowest BCUT2D eigenvalue weighted by Gasteiger charge is -2.22. The topological polar surface area (TPSA) is 55.8 Å². The number of cyclic esters (lactones) is 1. The van der Waals surface area contributed by atoms with E-state index in [9.17, 15) is 9.32 Å². The molecule has 0 aromatic carbocycles. The highest BCUT2D eigenvalue weighted by atomic mass is 19.3. The van der Waals surface area contributed by atoms with Crippen molar-refractivity contribution in [2.75, 3.05) is 0 Å². The standard InChI is InChI=1S/C7H9FO4/c8-11-2-1-6-3-5(9)4-7(10)12-6/h1-2,5-6,9H,3-4H2/b2-1+/t5-,6-/m1/s1. The van der Waals surface area contributed by atoms with Gasteiger partial charge in [-0.05, 0) is 6.08 Å². The van der Waals surface area contributed by atoms with Crippen molar-refractivity contribution in [3.8, 4) is 0 Å². The van der Waals surface area contributed by atoms with Gasteiger partial charge >= 0.3 is 5.97 Å². The molecule has 1 saturated heterocycles. The van der Waals surface area contributed by atoms with Crippen LogP contribution in [0, 0.1) is 0 Å². The second-order valence-corrected chi connectivity index (χ2v) is 2.54. The van der Waals surface area contributed by atoms with E-state index in [0.717, 1.165) is 6.26 Å². The van der Waals surface area contributed by atoms with Gasteiger partial charge in [-0.3, -0.25) is 4.79 Å². The number of halogens is 1. The van der Waals surface area contributed by atoms with Gasteiger partial charge in [0.25, 0.3) is 0 Å². The van der Waals surface area contributed by atoms with Crippen LogP contribution in [0.4, 0.5) is 4.53 Å². The molecule has 1 fully saturated rings. The van der Waals surface area contributed by atoms with Crippen molar-refractivity contribution in [2.24, 2.45) is 0 Å². The Morgan fingerprint density at radius 2 is 2.50 bits per heavy atom. The number of carbonyl (C=O) groups is 1. The van der Waals surface area contributed by atoms with Crippen LogP contribution < -0.4 is 0 Å². The van der Waals surface area contributed by atoms with Crippen molar-refractivity contribution >= 4 is 5.97 Å². The number of ether oxygens (including phenoxy) is 1. The average molecular weight is 176 g/mol. The minimum atomic E-state index is -0.708. The van der Waals surface area contributed by atoms with Gasteiger partial charge in [0.05, 0.1) is 12.5 Å². The molecule has 12 heavy (non-hydrogen) atoms. The van der Waals surface area contributed by atoms with Crippen molar-refractivity contribution < 1.29 is 24.1 Å². The number of aliphatic hydroxyl groups is 1. The van der Waals surface area contributed by atoms with Crippen molar-refractivity contribution in [2.45, 2.75) is 25.0 Å². The second kappa shape index (κ2) is 4.06. The minimum absolute atomic E-state index is 0.000816. The first-order chi connectivity index (χ1) is 5.72. The summed E-state index contributed by atoms with van der Waals surface area (Å²) < 4.78 is 15.9. The third kappa shape index (κ3) is 2.50. The zero-order chi connectivity index (χ0) is 8.97. The van der Waals surface area contributed by atoms with Crippen LogP contribution >= 0.6 is 0 Å². The summed E-state index contributed by atoms with van der Waals surface area (Å²) in [7, 11) is 0. The zero-order valence-electron chi connectivity index (χ0n) is 6.27. The van der Waals surface area contributed by atoms with Crippen molar-refractivity contribution in [1.29, 1.82) is 0 Å². The van der Waals surface area contributed by atoms with Gasteiger partial charge in [-0.25, -0.2) is 0 Å². The molecular formula is C7H9FO4. The third-order valence-electron chi connectivity index (χ3n) is 1.53. The van der Waals surface area contributed by atoms with Gasteiger partial charge in [-0.15, -0.1) is 0 Å². The molecule has 0 unspecified atom stereocenters. The Bertz CT molecular complexity index is 192. The summed E-state index contributed by atoms with van der Waals surface area (Å²) >= 11 is 0. The lowest BCUT2D eigenvalue weighted by atomic mass is 10.1. The lowest BCUT2D eigenvalue weighted by molar-refractivity contribution is -0.156. The van der Waals surface area contributed by atoms with E-state index in [1.165, 1.54) is 6.08 Å². The van der Waals surface area contributed by atoms with E-state index in [4.69, 9.17) is 9.84 Å². The van der Waals surface area contributed by atoms with Gasteiger partial charge in [0, 0.05) is 10.9 Å². The molecular weight excluding hydrogens is 167 g/mol. The van der Waals surface area contributed by atoms with E-state index in [-0.39, 0.29) is 12.8 Å². The number of aliphatic hydroxyl groups excluding tert-OH is 1. The minimum Gasteiger partial charge on any atom is -0.458 e. The maximum Gasteiger partial charge on any atom is 0.309 e. The van der Waals surface area contributed by atoms with Crippen molar-refractivity contribution in [3.63, 3.8) is 0 Å². The summed E-state index contributed by atoms with van der Waals surface area (Å²) in [4.78, 5) is 13.9. The van der Waals surface area contributed by atoms with Crippen LogP contribution in [-0.4, -0.2) is 23.3 Å². The van der Waals surface area contributed by atoms with Crippen LogP contribution in [0.3, 0.4) is 0 Å². The Labute approximate surface area is 68.5 Å². The van der Waals surface area contributed by atoms with E-state index in [1.807, 2.05) is 0 Å². The molecule has 4 nitrogen and oxygen atoms in total. The maximum absolute atomic E-state index is 11.2.